The summed E-state index contributed by atoms with van der Waals surface area (Å²) in [4.78, 5) is 0. The lowest BCUT2D eigenvalue weighted by atomic mass is 10.3. The maximum Gasteiger partial charge on any atom is 0.188 e. The Labute approximate surface area is 94.0 Å². The van der Waals surface area contributed by atoms with Gasteiger partial charge in [-0.3, -0.25) is 0 Å². The number of methoxy groups -OCH3 is 1. The topological polar surface area (TPSA) is 66.2 Å². The first-order valence-corrected chi connectivity index (χ1v) is 5.05. The van der Waals surface area contributed by atoms with Crippen molar-refractivity contribution in [3.05, 3.63) is 18.2 Å². The third-order valence-corrected chi connectivity index (χ3v) is 2.15. The van der Waals surface area contributed by atoms with Gasteiger partial charge in [0.15, 0.2) is 6.79 Å². The molecule has 0 bridgehead atoms. The number of epoxide rings is 1. The van der Waals surface area contributed by atoms with Gasteiger partial charge in [-0.05, 0) is 12.1 Å². The molecule has 1 atom stereocenters. The van der Waals surface area contributed by atoms with E-state index in [4.69, 9.17) is 24.7 Å². The Balaban J connectivity index is 1.91. The van der Waals surface area contributed by atoms with Gasteiger partial charge >= 0.3 is 0 Å². The average Bonchev–Trinajstić information content (AvgIpc) is 3.09. The third kappa shape index (κ3) is 3.01. The first-order valence-electron chi connectivity index (χ1n) is 5.05. The maximum atomic E-state index is 5.79. The van der Waals surface area contributed by atoms with Gasteiger partial charge in [-0.2, -0.15) is 0 Å². The van der Waals surface area contributed by atoms with Gasteiger partial charge in [0.2, 0.25) is 0 Å². The van der Waals surface area contributed by atoms with Crippen LogP contribution < -0.4 is 15.2 Å². The number of hydrogen-bond donors (Lipinski definition) is 1. The predicted molar refractivity (Wildman–Crippen MR) is 58.6 cm³/mol. The van der Waals surface area contributed by atoms with Gasteiger partial charge in [0.1, 0.15) is 24.2 Å². The van der Waals surface area contributed by atoms with E-state index in [1.165, 1.54) is 0 Å². The van der Waals surface area contributed by atoms with Crippen LogP contribution in [0, 0.1) is 0 Å². The SMILES string of the molecule is COCOc1ccc(OCC2CO2)cc1N. The van der Waals surface area contributed by atoms with Gasteiger partial charge in [-0.25, -0.2) is 0 Å². The fraction of sp³-hybridized carbons (Fsp3) is 0.455. The van der Waals surface area contributed by atoms with E-state index < -0.39 is 0 Å². The van der Waals surface area contributed by atoms with Crippen LogP contribution in [-0.4, -0.2) is 33.2 Å². The van der Waals surface area contributed by atoms with Crippen LogP contribution in [0.15, 0.2) is 18.2 Å². The first kappa shape index (κ1) is 11.0. The molecule has 88 valence electrons. The van der Waals surface area contributed by atoms with Crippen molar-refractivity contribution < 1.29 is 18.9 Å². The fourth-order valence-corrected chi connectivity index (χ4v) is 1.22. The van der Waals surface area contributed by atoms with Gasteiger partial charge in [0.05, 0.1) is 12.3 Å². The number of hydrogen-bond acceptors (Lipinski definition) is 5. The molecule has 1 unspecified atom stereocenters. The van der Waals surface area contributed by atoms with Crippen molar-refractivity contribution in [3.63, 3.8) is 0 Å². The quantitative estimate of drug-likeness (QED) is 0.445. The highest BCUT2D eigenvalue weighted by molar-refractivity contribution is 5.56. The summed E-state index contributed by atoms with van der Waals surface area (Å²) in [5, 5.41) is 0. The van der Waals surface area contributed by atoms with Crippen LogP contribution in [0.5, 0.6) is 11.5 Å². The van der Waals surface area contributed by atoms with Crippen LogP contribution in [0.25, 0.3) is 0 Å². The van der Waals surface area contributed by atoms with Gasteiger partial charge in [-0.15, -0.1) is 0 Å². The van der Waals surface area contributed by atoms with E-state index in [1.54, 1.807) is 19.2 Å². The molecule has 5 nitrogen and oxygen atoms in total. The van der Waals surface area contributed by atoms with Crippen LogP contribution in [0.2, 0.25) is 0 Å². The zero-order valence-corrected chi connectivity index (χ0v) is 9.14. The second kappa shape index (κ2) is 5.05. The zero-order valence-electron chi connectivity index (χ0n) is 9.14. The molecule has 1 aliphatic rings. The Bertz CT molecular complexity index is 352. The molecule has 16 heavy (non-hydrogen) atoms. The molecule has 1 fully saturated rings. The molecule has 1 aromatic rings. The van der Waals surface area contributed by atoms with Crippen molar-refractivity contribution in [2.24, 2.45) is 0 Å². The first-order chi connectivity index (χ1) is 7.79. The summed E-state index contributed by atoms with van der Waals surface area (Å²) >= 11 is 0. The predicted octanol–water partition coefficient (Wildman–Crippen LogP) is 1.03. The zero-order chi connectivity index (χ0) is 11.4. The summed E-state index contributed by atoms with van der Waals surface area (Å²) in [6.45, 7) is 1.53. The largest absolute Gasteiger partial charge is 0.491 e. The van der Waals surface area contributed by atoms with Crippen molar-refractivity contribution in [1.82, 2.24) is 0 Å². The lowest BCUT2D eigenvalue weighted by molar-refractivity contribution is 0.0516. The molecular formula is C11H15NO4. The average molecular weight is 225 g/mol. The molecule has 1 saturated heterocycles. The van der Waals surface area contributed by atoms with Crippen molar-refractivity contribution in [2.75, 3.05) is 32.9 Å². The van der Waals surface area contributed by atoms with Crippen LogP contribution in [0.4, 0.5) is 5.69 Å². The standard InChI is InChI=1S/C11H15NO4/c1-13-7-16-11-3-2-8(4-10(11)12)14-5-9-6-15-9/h2-4,9H,5-7,12H2,1H3. The van der Waals surface area contributed by atoms with E-state index >= 15 is 0 Å². The second-order valence-electron chi connectivity index (χ2n) is 3.52. The van der Waals surface area contributed by atoms with E-state index in [2.05, 4.69) is 0 Å². The molecule has 1 aromatic carbocycles. The molecule has 5 heteroatoms. The molecule has 0 amide bonds. The highest BCUT2D eigenvalue weighted by Gasteiger charge is 2.23. The van der Waals surface area contributed by atoms with Crippen LogP contribution >= 0.6 is 0 Å². The summed E-state index contributed by atoms with van der Waals surface area (Å²) in [5.74, 6) is 1.31. The maximum absolute atomic E-state index is 5.79. The number of ether oxygens (including phenoxy) is 4. The molecule has 1 aliphatic heterocycles. The Hall–Kier alpha value is -1.46. The van der Waals surface area contributed by atoms with Crippen LogP contribution in [-0.2, 0) is 9.47 Å². The minimum absolute atomic E-state index is 0.181. The smallest absolute Gasteiger partial charge is 0.188 e. The molecule has 0 aliphatic carbocycles. The molecular weight excluding hydrogens is 210 g/mol. The molecule has 1 heterocycles. The summed E-state index contributed by atoms with van der Waals surface area (Å²) in [5.41, 5.74) is 6.33. The molecule has 2 N–H and O–H groups in total. The van der Waals surface area contributed by atoms with Gasteiger partial charge in [0, 0.05) is 13.2 Å². The Kier molecular flexibility index (Phi) is 3.48. The second-order valence-corrected chi connectivity index (χ2v) is 3.52. The van der Waals surface area contributed by atoms with Crippen LogP contribution in [0.3, 0.4) is 0 Å². The molecule has 2 rings (SSSR count). The van der Waals surface area contributed by atoms with Crippen molar-refractivity contribution in [2.45, 2.75) is 6.10 Å². The number of benzene rings is 1. The Morgan fingerprint density at radius 2 is 2.25 bits per heavy atom. The Morgan fingerprint density at radius 3 is 2.88 bits per heavy atom. The van der Waals surface area contributed by atoms with Gasteiger partial charge < -0.3 is 24.7 Å². The summed E-state index contributed by atoms with van der Waals surface area (Å²) < 4.78 is 20.6. The van der Waals surface area contributed by atoms with Crippen molar-refractivity contribution >= 4 is 5.69 Å². The van der Waals surface area contributed by atoms with E-state index in [9.17, 15) is 0 Å². The number of nitrogens with two attached hydrogens (primary N) is 1. The van der Waals surface area contributed by atoms with E-state index in [0.29, 0.717) is 18.0 Å². The molecule has 0 aromatic heterocycles. The number of anilines is 1. The van der Waals surface area contributed by atoms with Gasteiger partial charge in [0.25, 0.3) is 0 Å². The van der Waals surface area contributed by atoms with Crippen molar-refractivity contribution in [3.8, 4) is 11.5 Å². The minimum Gasteiger partial charge on any atom is -0.491 e. The highest BCUT2D eigenvalue weighted by atomic mass is 16.7. The molecule has 0 radical (unpaired) electrons. The monoisotopic (exact) mass is 225 g/mol. The lowest BCUT2D eigenvalue weighted by Crippen LogP contribution is -2.05. The van der Waals surface area contributed by atoms with E-state index in [-0.39, 0.29) is 12.9 Å². The summed E-state index contributed by atoms with van der Waals surface area (Å²) in [6.07, 6.45) is 0.241. The molecule has 0 saturated carbocycles. The van der Waals surface area contributed by atoms with Crippen molar-refractivity contribution in [1.29, 1.82) is 0 Å². The van der Waals surface area contributed by atoms with E-state index in [1.807, 2.05) is 6.07 Å². The number of nitrogen functional groups attached to an aromatic ring is 1. The fourth-order valence-electron chi connectivity index (χ4n) is 1.22. The third-order valence-electron chi connectivity index (χ3n) is 2.15. The summed E-state index contributed by atoms with van der Waals surface area (Å²) in [6, 6.07) is 5.30. The summed E-state index contributed by atoms with van der Waals surface area (Å²) in [7, 11) is 1.56. The number of rotatable bonds is 6. The van der Waals surface area contributed by atoms with E-state index in [0.717, 1.165) is 12.4 Å². The molecule has 0 spiro atoms. The normalized spacial score (nSPS) is 18.2. The lowest BCUT2D eigenvalue weighted by Gasteiger charge is -2.10. The van der Waals surface area contributed by atoms with Crippen LogP contribution in [0.1, 0.15) is 0 Å². The minimum atomic E-state index is 0.181. The highest BCUT2D eigenvalue weighted by Crippen LogP contribution is 2.27. The van der Waals surface area contributed by atoms with Gasteiger partial charge in [-0.1, -0.05) is 0 Å². The Morgan fingerprint density at radius 1 is 1.44 bits per heavy atom.